The first kappa shape index (κ1) is 12.9. The van der Waals surface area contributed by atoms with E-state index in [0.29, 0.717) is 5.92 Å². The van der Waals surface area contributed by atoms with Gasteiger partial charge in [-0.2, -0.15) is 0 Å². The topological polar surface area (TPSA) is 63.3 Å². The minimum absolute atomic E-state index is 0. The van der Waals surface area contributed by atoms with E-state index >= 15 is 0 Å². The van der Waals surface area contributed by atoms with Crippen LogP contribution < -0.4 is 5.73 Å². The van der Waals surface area contributed by atoms with Crippen molar-refractivity contribution in [3.05, 3.63) is 0 Å². The Morgan fingerprint density at radius 3 is 2.31 bits per heavy atom. The smallest absolute Gasteiger partial charge is 0.320 e. The molecule has 2 unspecified atom stereocenters. The fourth-order valence-electron chi connectivity index (χ4n) is 2.00. The molecule has 3 N–H and O–H groups in total. The Balaban J connectivity index is 0.00000144. The normalized spacial score (nSPS) is 22.0. The summed E-state index contributed by atoms with van der Waals surface area (Å²) in [6.45, 7) is 1.95. The molecule has 0 saturated heterocycles. The summed E-state index contributed by atoms with van der Waals surface area (Å²) >= 11 is 0. The molecule has 0 spiro atoms. The fraction of sp³-hybridized carbons (Fsp3) is 0.889. The third kappa shape index (κ3) is 3.27. The lowest BCUT2D eigenvalue weighted by Crippen LogP contribution is -2.39. The molecule has 2 atom stereocenters. The molecule has 1 aliphatic rings. The Hall–Kier alpha value is -0.0900. The van der Waals surface area contributed by atoms with E-state index < -0.39 is 12.0 Å². The lowest BCUT2D eigenvalue weighted by Gasteiger charge is -2.22. The molecule has 0 heterocycles. The van der Waals surface area contributed by atoms with Gasteiger partial charge in [-0.15, -0.1) is 17.0 Å². The molecule has 0 aromatic heterocycles. The van der Waals surface area contributed by atoms with Gasteiger partial charge in [0.25, 0.3) is 0 Å². The van der Waals surface area contributed by atoms with Gasteiger partial charge in [0.1, 0.15) is 6.04 Å². The van der Waals surface area contributed by atoms with Crippen LogP contribution in [0.25, 0.3) is 0 Å². The second-order valence-electron chi connectivity index (χ2n) is 3.77. The molecule has 4 heteroatoms. The third-order valence-electron chi connectivity index (χ3n) is 3.00. The molecule has 1 saturated carbocycles. The molecule has 1 aliphatic carbocycles. The van der Waals surface area contributed by atoms with Gasteiger partial charge >= 0.3 is 5.97 Å². The predicted octanol–water partition coefficient (Wildman–Crippen LogP) is 1.80. The highest BCUT2D eigenvalue weighted by molar-refractivity contribution is 8.93. The molecular weight excluding hydrogens is 234 g/mol. The number of carboxylic acids is 1. The van der Waals surface area contributed by atoms with E-state index in [4.69, 9.17) is 10.8 Å². The van der Waals surface area contributed by atoms with E-state index in [1.54, 1.807) is 0 Å². The van der Waals surface area contributed by atoms with Gasteiger partial charge in [-0.3, -0.25) is 4.79 Å². The highest BCUT2D eigenvalue weighted by Gasteiger charge is 2.29. The number of carbonyl (C=O) groups is 1. The van der Waals surface area contributed by atoms with Crippen molar-refractivity contribution in [1.29, 1.82) is 0 Å². The van der Waals surface area contributed by atoms with Crippen molar-refractivity contribution < 1.29 is 9.90 Å². The zero-order valence-electron chi connectivity index (χ0n) is 7.90. The van der Waals surface area contributed by atoms with Crippen molar-refractivity contribution >= 4 is 23.0 Å². The van der Waals surface area contributed by atoms with Crippen molar-refractivity contribution in [1.82, 2.24) is 0 Å². The van der Waals surface area contributed by atoms with Crippen LogP contribution in [0.4, 0.5) is 0 Å². The zero-order valence-corrected chi connectivity index (χ0v) is 9.61. The van der Waals surface area contributed by atoms with Gasteiger partial charge in [-0.1, -0.05) is 32.6 Å². The molecule has 1 rings (SSSR count). The number of hydrogen-bond donors (Lipinski definition) is 2. The van der Waals surface area contributed by atoms with Gasteiger partial charge in [0.15, 0.2) is 0 Å². The molecule has 1 fully saturated rings. The quantitative estimate of drug-likeness (QED) is 0.805. The van der Waals surface area contributed by atoms with E-state index in [0.717, 1.165) is 12.8 Å². The van der Waals surface area contributed by atoms with Crippen LogP contribution in [0.15, 0.2) is 0 Å². The second kappa shape index (κ2) is 5.60. The largest absolute Gasteiger partial charge is 0.480 e. The average Bonchev–Trinajstić information content (AvgIpc) is 2.53. The minimum Gasteiger partial charge on any atom is -0.480 e. The van der Waals surface area contributed by atoms with Crippen LogP contribution in [0.2, 0.25) is 0 Å². The van der Waals surface area contributed by atoms with E-state index in [-0.39, 0.29) is 22.9 Å². The standard InChI is InChI=1S/C9H17NO2.BrH/c1-6(8(10)9(11)12)7-4-2-3-5-7;/h6-8H,2-5,10H2,1H3,(H,11,12);1H. The molecular formula is C9H18BrNO2. The molecule has 0 aromatic rings. The summed E-state index contributed by atoms with van der Waals surface area (Å²) in [5.41, 5.74) is 5.54. The minimum atomic E-state index is -0.866. The second-order valence-corrected chi connectivity index (χ2v) is 3.77. The van der Waals surface area contributed by atoms with Crippen LogP contribution in [0.1, 0.15) is 32.6 Å². The number of nitrogens with two attached hydrogens (primary N) is 1. The van der Waals surface area contributed by atoms with Crippen molar-refractivity contribution in [3.8, 4) is 0 Å². The molecule has 78 valence electrons. The highest BCUT2D eigenvalue weighted by atomic mass is 79.9. The molecule has 0 amide bonds. The molecule has 0 aliphatic heterocycles. The molecule has 3 nitrogen and oxygen atoms in total. The predicted molar refractivity (Wildman–Crippen MR) is 57.1 cm³/mol. The summed E-state index contributed by atoms with van der Waals surface area (Å²) in [6.07, 6.45) is 4.78. The van der Waals surface area contributed by atoms with Crippen LogP contribution in [0, 0.1) is 11.8 Å². The van der Waals surface area contributed by atoms with Crippen LogP contribution in [-0.4, -0.2) is 17.1 Å². The Labute approximate surface area is 89.5 Å². The summed E-state index contributed by atoms with van der Waals surface area (Å²) < 4.78 is 0. The van der Waals surface area contributed by atoms with Crippen LogP contribution in [-0.2, 0) is 4.79 Å². The summed E-state index contributed by atoms with van der Waals surface area (Å²) in [5, 5.41) is 8.69. The van der Waals surface area contributed by atoms with E-state index in [1.807, 2.05) is 6.92 Å². The number of halogens is 1. The van der Waals surface area contributed by atoms with Gasteiger partial charge in [0.2, 0.25) is 0 Å². The number of aliphatic carboxylic acids is 1. The maximum Gasteiger partial charge on any atom is 0.320 e. The molecule has 13 heavy (non-hydrogen) atoms. The zero-order chi connectivity index (χ0) is 9.14. The first-order valence-electron chi connectivity index (χ1n) is 4.61. The Bertz CT molecular complexity index is 169. The van der Waals surface area contributed by atoms with Crippen LogP contribution in [0.5, 0.6) is 0 Å². The van der Waals surface area contributed by atoms with Gasteiger partial charge in [-0.05, 0) is 11.8 Å². The Kier molecular flexibility index (Phi) is 5.56. The van der Waals surface area contributed by atoms with Crippen molar-refractivity contribution in [2.24, 2.45) is 17.6 Å². The van der Waals surface area contributed by atoms with E-state index in [1.165, 1.54) is 12.8 Å². The first-order valence-corrected chi connectivity index (χ1v) is 4.61. The SMILES string of the molecule is Br.CC(C1CCCC1)C(N)C(=O)O. The van der Waals surface area contributed by atoms with Crippen molar-refractivity contribution in [2.75, 3.05) is 0 Å². The summed E-state index contributed by atoms with van der Waals surface area (Å²) in [4.78, 5) is 10.6. The van der Waals surface area contributed by atoms with Crippen LogP contribution in [0.3, 0.4) is 0 Å². The van der Waals surface area contributed by atoms with Gasteiger partial charge in [0.05, 0.1) is 0 Å². The van der Waals surface area contributed by atoms with Crippen molar-refractivity contribution in [3.63, 3.8) is 0 Å². The number of carboxylic acid groups (broad SMARTS) is 1. The average molecular weight is 252 g/mol. The van der Waals surface area contributed by atoms with Gasteiger partial charge in [-0.25, -0.2) is 0 Å². The lowest BCUT2D eigenvalue weighted by atomic mass is 9.87. The lowest BCUT2D eigenvalue weighted by molar-refractivity contribution is -0.140. The first-order chi connectivity index (χ1) is 5.63. The van der Waals surface area contributed by atoms with Crippen LogP contribution >= 0.6 is 17.0 Å². The fourth-order valence-corrected chi connectivity index (χ4v) is 2.00. The molecule has 0 aromatic carbocycles. The third-order valence-corrected chi connectivity index (χ3v) is 3.00. The van der Waals surface area contributed by atoms with Gasteiger partial charge in [0, 0.05) is 0 Å². The Morgan fingerprint density at radius 1 is 1.46 bits per heavy atom. The summed E-state index contributed by atoms with van der Waals surface area (Å²) in [5.74, 6) is -0.199. The van der Waals surface area contributed by atoms with Gasteiger partial charge < -0.3 is 10.8 Å². The number of hydrogen-bond acceptors (Lipinski definition) is 2. The Morgan fingerprint density at radius 2 is 1.92 bits per heavy atom. The summed E-state index contributed by atoms with van der Waals surface area (Å²) in [7, 11) is 0. The van der Waals surface area contributed by atoms with E-state index in [9.17, 15) is 4.79 Å². The highest BCUT2D eigenvalue weighted by Crippen LogP contribution is 2.32. The monoisotopic (exact) mass is 251 g/mol. The molecule has 0 bridgehead atoms. The van der Waals surface area contributed by atoms with Crippen molar-refractivity contribution in [2.45, 2.75) is 38.6 Å². The number of rotatable bonds is 3. The molecule has 0 radical (unpaired) electrons. The maximum absolute atomic E-state index is 10.6. The maximum atomic E-state index is 10.6. The van der Waals surface area contributed by atoms with E-state index in [2.05, 4.69) is 0 Å². The summed E-state index contributed by atoms with van der Waals surface area (Å²) in [6, 6.07) is -0.673.